The van der Waals surface area contributed by atoms with Gasteiger partial charge in [-0.1, -0.05) is 48.2 Å². The lowest BCUT2D eigenvalue weighted by atomic mass is 9.95. The van der Waals surface area contributed by atoms with Crippen LogP contribution in [0.5, 0.6) is 0 Å². The molecule has 7 heteroatoms. The Balaban J connectivity index is 1.67. The number of allylic oxidation sites excluding steroid dienone is 2. The van der Waals surface area contributed by atoms with Crippen LogP contribution < -0.4 is 5.73 Å². The van der Waals surface area contributed by atoms with Gasteiger partial charge in [-0.3, -0.25) is 15.0 Å². The molecule has 0 bridgehead atoms. The number of amidine groups is 1. The summed E-state index contributed by atoms with van der Waals surface area (Å²) in [6.45, 7) is 0.736. The molecule has 1 aliphatic carbocycles. The highest BCUT2D eigenvalue weighted by Gasteiger charge is 2.35. The van der Waals surface area contributed by atoms with Crippen molar-refractivity contribution in [3.63, 3.8) is 0 Å². The number of nitrogens with zero attached hydrogens (tertiary/aromatic N) is 2. The van der Waals surface area contributed by atoms with E-state index in [1.165, 1.54) is 11.8 Å². The first-order valence-corrected chi connectivity index (χ1v) is 11.8. The van der Waals surface area contributed by atoms with Gasteiger partial charge in [0.1, 0.15) is 0 Å². The highest BCUT2D eigenvalue weighted by Crippen LogP contribution is 2.41. The van der Waals surface area contributed by atoms with Gasteiger partial charge in [0.05, 0.1) is 6.42 Å². The number of nitrogens with one attached hydrogen (secondary N) is 1. The quantitative estimate of drug-likeness (QED) is 0.192. The number of rotatable bonds is 6. The van der Waals surface area contributed by atoms with E-state index >= 15 is 0 Å². The topological polar surface area (TPSA) is 93.9 Å². The van der Waals surface area contributed by atoms with Crippen molar-refractivity contribution in [3.8, 4) is 0 Å². The van der Waals surface area contributed by atoms with E-state index in [-0.39, 0.29) is 23.2 Å². The number of benzene rings is 2. The average molecular weight is 457 g/mol. The van der Waals surface area contributed by atoms with Gasteiger partial charge in [0.2, 0.25) is 0 Å². The summed E-state index contributed by atoms with van der Waals surface area (Å²) in [7, 11) is 1.96. The van der Waals surface area contributed by atoms with E-state index < -0.39 is 0 Å². The smallest absolute Gasteiger partial charge is 0.172 e. The summed E-state index contributed by atoms with van der Waals surface area (Å²) in [5.41, 5.74) is 10.2. The number of aryl methyl sites for hydroxylation is 2. The Kier molecular flexibility index (Phi) is 5.42. The average Bonchev–Trinajstić information content (AvgIpc) is 3.42. The lowest BCUT2D eigenvalue weighted by Crippen LogP contribution is -2.06. The van der Waals surface area contributed by atoms with Crippen LogP contribution in [0.4, 0.5) is 0 Å². The molecule has 2 aromatic carbocycles. The maximum atomic E-state index is 13.2. The minimum absolute atomic E-state index is 0.0946. The number of nitrogens with two attached hydrogens (primary N) is 1. The third-order valence-corrected chi connectivity index (χ3v) is 6.96. The van der Waals surface area contributed by atoms with Gasteiger partial charge >= 0.3 is 0 Å². The van der Waals surface area contributed by atoms with Crippen LogP contribution in [0.25, 0.3) is 33.0 Å². The summed E-state index contributed by atoms with van der Waals surface area (Å²) in [6, 6.07) is 15.9. The molecule has 0 fully saturated rings. The zero-order valence-electron chi connectivity index (χ0n) is 18.3. The van der Waals surface area contributed by atoms with Gasteiger partial charge in [-0.2, -0.15) is 0 Å². The first-order valence-electron chi connectivity index (χ1n) is 10.9. The van der Waals surface area contributed by atoms with Gasteiger partial charge in [0.15, 0.2) is 16.7 Å². The molecular weight excluding hydrogens is 432 g/mol. The Morgan fingerprint density at radius 3 is 2.18 bits per heavy atom. The van der Waals surface area contributed by atoms with Crippen molar-refractivity contribution in [2.45, 2.75) is 19.4 Å². The first kappa shape index (κ1) is 21.3. The minimum Gasteiger partial charge on any atom is -0.379 e. The predicted molar refractivity (Wildman–Crippen MR) is 135 cm³/mol. The summed E-state index contributed by atoms with van der Waals surface area (Å²) >= 11 is 1.33. The molecule has 3 N–H and O–H groups in total. The van der Waals surface area contributed by atoms with E-state index in [0.29, 0.717) is 11.1 Å². The normalized spacial score (nSPS) is 14.2. The Labute approximate surface area is 195 Å². The van der Waals surface area contributed by atoms with Crippen LogP contribution in [0.1, 0.15) is 24.0 Å². The number of para-hydroxylation sites is 2. The standard InChI is InChI=1S/C26H24N4O2S/c1-29-14-18(16-7-2-4-9-20(16)29)24-22(31)13-23(32)25(24)19-15-30(11-6-12-33-26(27)28)21-10-5-3-8-17(19)21/h2-5,7-10,14-15H,6,11-13H2,1H3,(H3,27,28). The summed E-state index contributed by atoms with van der Waals surface area (Å²) in [5, 5.41) is 9.44. The third kappa shape index (κ3) is 3.68. The SMILES string of the molecule is Cn1cc(C2=C(c3cn(CCCSC(=N)N)c4ccccc34)C(=O)CC2=O)c2ccccc21. The van der Waals surface area contributed by atoms with Gasteiger partial charge in [0.25, 0.3) is 0 Å². The van der Waals surface area contributed by atoms with Crippen molar-refractivity contribution < 1.29 is 9.59 Å². The second-order valence-electron chi connectivity index (χ2n) is 8.26. The number of hydrogen-bond donors (Lipinski definition) is 2. The zero-order valence-corrected chi connectivity index (χ0v) is 19.1. The van der Waals surface area contributed by atoms with Gasteiger partial charge in [-0.05, 0) is 18.6 Å². The first-order chi connectivity index (χ1) is 16.0. The highest BCUT2D eigenvalue weighted by atomic mass is 32.2. The summed E-state index contributed by atoms with van der Waals surface area (Å²) in [4.78, 5) is 26.3. The van der Waals surface area contributed by atoms with E-state index in [2.05, 4.69) is 4.57 Å². The van der Waals surface area contributed by atoms with Crippen LogP contribution in [-0.4, -0.2) is 31.6 Å². The minimum atomic E-state index is -0.127. The van der Waals surface area contributed by atoms with Crippen molar-refractivity contribution in [2.75, 3.05) is 5.75 Å². The second-order valence-corrected chi connectivity index (χ2v) is 9.40. The Bertz CT molecular complexity index is 1470. The Morgan fingerprint density at radius 2 is 1.52 bits per heavy atom. The molecule has 4 aromatic rings. The Morgan fingerprint density at radius 1 is 0.939 bits per heavy atom. The molecule has 0 aliphatic heterocycles. The number of carbonyl (C=O) groups is 2. The number of Topliss-reactive ketones (excluding diaryl/α,β-unsaturated/α-hetero) is 2. The van der Waals surface area contributed by atoms with Gasteiger partial charge in [-0.15, -0.1) is 0 Å². The fraction of sp³-hybridized carbons (Fsp3) is 0.192. The van der Waals surface area contributed by atoms with Gasteiger partial charge in [-0.25, -0.2) is 0 Å². The van der Waals surface area contributed by atoms with Crippen molar-refractivity contribution >= 4 is 61.4 Å². The predicted octanol–water partition coefficient (Wildman–Crippen LogP) is 4.60. The highest BCUT2D eigenvalue weighted by molar-refractivity contribution is 8.13. The fourth-order valence-electron chi connectivity index (χ4n) is 4.76. The van der Waals surface area contributed by atoms with Crippen LogP contribution in [-0.2, 0) is 23.2 Å². The molecule has 1 aliphatic rings. The lowest BCUT2D eigenvalue weighted by molar-refractivity contribution is -0.119. The maximum Gasteiger partial charge on any atom is 0.172 e. The monoisotopic (exact) mass is 456 g/mol. The third-order valence-electron chi connectivity index (χ3n) is 6.15. The Hall–Kier alpha value is -3.58. The molecule has 166 valence electrons. The fourth-order valence-corrected chi connectivity index (χ4v) is 5.25. The molecule has 0 unspecified atom stereocenters. The molecule has 0 saturated heterocycles. The van der Waals surface area contributed by atoms with E-state index in [1.54, 1.807) is 0 Å². The van der Waals surface area contributed by atoms with Gasteiger partial charge < -0.3 is 14.9 Å². The van der Waals surface area contributed by atoms with Crippen molar-refractivity contribution in [3.05, 3.63) is 72.1 Å². The molecule has 0 atom stereocenters. The molecule has 33 heavy (non-hydrogen) atoms. The number of ketones is 2. The van der Waals surface area contributed by atoms with Crippen molar-refractivity contribution in [1.29, 1.82) is 5.41 Å². The van der Waals surface area contributed by atoms with E-state index in [0.717, 1.165) is 51.7 Å². The molecule has 2 aromatic heterocycles. The van der Waals surface area contributed by atoms with E-state index in [4.69, 9.17) is 11.1 Å². The maximum absolute atomic E-state index is 13.2. The molecule has 0 spiro atoms. The number of carbonyl (C=O) groups excluding carboxylic acids is 2. The van der Waals surface area contributed by atoms with Gasteiger partial charge in [0, 0.05) is 75.8 Å². The zero-order chi connectivity index (χ0) is 23.1. The second kappa shape index (κ2) is 8.41. The van der Waals surface area contributed by atoms with Crippen LogP contribution in [0.2, 0.25) is 0 Å². The van der Waals surface area contributed by atoms with Crippen LogP contribution in [0.3, 0.4) is 0 Å². The molecule has 0 amide bonds. The lowest BCUT2D eigenvalue weighted by Gasteiger charge is -2.05. The van der Waals surface area contributed by atoms with E-state index in [1.807, 2.05) is 72.5 Å². The molecule has 2 heterocycles. The number of aromatic nitrogens is 2. The number of hydrogen-bond acceptors (Lipinski definition) is 4. The largest absolute Gasteiger partial charge is 0.379 e. The number of fused-ring (bicyclic) bond motifs is 2. The summed E-state index contributed by atoms with van der Waals surface area (Å²) in [5.74, 6) is 0.498. The summed E-state index contributed by atoms with van der Waals surface area (Å²) in [6.07, 6.45) is 4.70. The van der Waals surface area contributed by atoms with Crippen molar-refractivity contribution in [2.24, 2.45) is 12.8 Å². The molecule has 0 saturated carbocycles. The number of thioether (sulfide) groups is 1. The van der Waals surface area contributed by atoms with E-state index in [9.17, 15) is 9.59 Å². The molecule has 6 nitrogen and oxygen atoms in total. The van der Waals surface area contributed by atoms with Crippen molar-refractivity contribution in [1.82, 2.24) is 9.13 Å². The van der Waals surface area contributed by atoms with Crippen LogP contribution >= 0.6 is 11.8 Å². The van der Waals surface area contributed by atoms with Crippen LogP contribution in [0, 0.1) is 5.41 Å². The van der Waals surface area contributed by atoms with Crippen LogP contribution in [0.15, 0.2) is 60.9 Å². The molecule has 5 rings (SSSR count). The molecular formula is C26H24N4O2S. The summed E-state index contributed by atoms with van der Waals surface area (Å²) < 4.78 is 4.14. The molecule has 0 radical (unpaired) electrons.